The van der Waals surface area contributed by atoms with Crippen molar-refractivity contribution in [1.29, 1.82) is 0 Å². The number of ether oxygens (including phenoxy) is 1. The van der Waals surface area contributed by atoms with E-state index >= 15 is 0 Å². The van der Waals surface area contributed by atoms with Crippen molar-refractivity contribution in [3.05, 3.63) is 35.4 Å². The largest absolute Gasteiger partial charge is 0.465 e. The molecule has 0 amide bonds. The Hall–Kier alpha value is -1.00. The third-order valence-electron chi connectivity index (χ3n) is 3.14. The Kier molecular flexibility index (Phi) is 4.66. The van der Waals surface area contributed by atoms with Crippen molar-refractivity contribution < 1.29 is 9.53 Å². The van der Waals surface area contributed by atoms with E-state index in [-0.39, 0.29) is 5.97 Å². The van der Waals surface area contributed by atoms with Crippen LogP contribution in [0, 0.1) is 0 Å². The predicted molar refractivity (Wildman–Crippen MR) is 74.9 cm³/mol. The van der Waals surface area contributed by atoms with Gasteiger partial charge in [0.1, 0.15) is 0 Å². The second kappa shape index (κ2) is 6.25. The van der Waals surface area contributed by atoms with Gasteiger partial charge in [-0.2, -0.15) is 11.8 Å². The number of hydrogen-bond acceptors (Lipinski definition) is 4. The lowest BCUT2D eigenvalue weighted by Crippen LogP contribution is -2.28. The van der Waals surface area contributed by atoms with E-state index < -0.39 is 0 Å². The molecule has 0 aromatic heterocycles. The molecule has 0 radical (unpaired) electrons. The van der Waals surface area contributed by atoms with Crippen LogP contribution in [0.4, 0.5) is 0 Å². The molecule has 0 bridgehead atoms. The summed E-state index contributed by atoms with van der Waals surface area (Å²) in [6, 6.07) is 8.19. The smallest absolute Gasteiger partial charge is 0.337 e. The Morgan fingerprint density at radius 2 is 2.39 bits per heavy atom. The topological polar surface area (TPSA) is 38.3 Å². The maximum absolute atomic E-state index is 11.4. The van der Waals surface area contributed by atoms with Gasteiger partial charge < -0.3 is 10.1 Å². The molecule has 1 N–H and O–H groups in total. The summed E-state index contributed by atoms with van der Waals surface area (Å²) in [6.07, 6.45) is 1.22. The number of esters is 1. The summed E-state index contributed by atoms with van der Waals surface area (Å²) in [5.41, 5.74) is 1.74. The van der Waals surface area contributed by atoms with Gasteiger partial charge in [-0.25, -0.2) is 4.79 Å². The van der Waals surface area contributed by atoms with Crippen molar-refractivity contribution in [3.8, 4) is 0 Å². The third-order valence-corrected chi connectivity index (χ3v) is 4.50. The molecule has 1 fully saturated rings. The van der Waals surface area contributed by atoms with E-state index in [4.69, 9.17) is 4.74 Å². The second-order valence-corrected chi connectivity index (χ2v) is 6.12. The molecule has 1 aliphatic rings. The molecule has 4 heteroatoms. The summed E-state index contributed by atoms with van der Waals surface area (Å²) in [5, 5.41) is 4.29. The summed E-state index contributed by atoms with van der Waals surface area (Å²) in [7, 11) is 1.41. The summed E-state index contributed by atoms with van der Waals surface area (Å²) >= 11 is 2.02. The van der Waals surface area contributed by atoms with Crippen LogP contribution in [0.15, 0.2) is 24.3 Å². The Morgan fingerprint density at radius 3 is 3.06 bits per heavy atom. The number of carbonyl (C=O) groups excluding carboxylic acids is 1. The van der Waals surface area contributed by atoms with Crippen molar-refractivity contribution in [2.75, 3.05) is 12.9 Å². The van der Waals surface area contributed by atoms with Gasteiger partial charge in [-0.05, 0) is 24.1 Å². The molecule has 18 heavy (non-hydrogen) atoms. The van der Waals surface area contributed by atoms with Crippen LogP contribution in [-0.4, -0.2) is 30.1 Å². The molecule has 1 aromatic rings. The third kappa shape index (κ3) is 3.50. The number of methoxy groups -OCH3 is 1. The first-order chi connectivity index (χ1) is 8.69. The van der Waals surface area contributed by atoms with E-state index in [1.54, 1.807) is 6.07 Å². The van der Waals surface area contributed by atoms with E-state index in [1.807, 2.05) is 30.0 Å². The lowest BCUT2D eigenvalue weighted by Gasteiger charge is -2.12. The highest BCUT2D eigenvalue weighted by Crippen LogP contribution is 2.26. The number of benzene rings is 1. The molecule has 1 aromatic carbocycles. The van der Waals surface area contributed by atoms with Gasteiger partial charge in [-0.1, -0.05) is 19.1 Å². The zero-order valence-corrected chi connectivity index (χ0v) is 11.6. The first-order valence-corrected chi connectivity index (χ1v) is 7.26. The number of thioether (sulfide) groups is 1. The highest BCUT2D eigenvalue weighted by molar-refractivity contribution is 8.00. The van der Waals surface area contributed by atoms with Crippen molar-refractivity contribution in [2.24, 2.45) is 0 Å². The molecule has 0 aliphatic carbocycles. The van der Waals surface area contributed by atoms with Gasteiger partial charge in [0.25, 0.3) is 0 Å². The normalized spacial score (nSPS) is 23.0. The Bertz CT molecular complexity index is 422. The fourth-order valence-electron chi connectivity index (χ4n) is 2.15. The maximum atomic E-state index is 11.4. The van der Waals surface area contributed by atoms with E-state index in [0.29, 0.717) is 11.6 Å². The minimum Gasteiger partial charge on any atom is -0.465 e. The minimum atomic E-state index is -0.276. The van der Waals surface area contributed by atoms with Crippen LogP contribution in [0.1, 0.15) is 29.3 Å². The first-order valence-electron chi connectivity index (χ1n) is 6.21. The standard InChI is InChI=1S/C14H19NO2S/c1-10-6-13(9-18-10)15-8-11-4-3-5-12(7-11)14(16)17-2/h3-5,7,10,13,15H,6,8-9H2,1-2H3. The van der Waals surface area contributed by atoms with Crippen LogP contribution >= 0.6 is 11.8 Å². The number of hydrogen-bond donors (Lipinski definition) is 1. The van der Waals surface area contributed by atoms with Gasteiger partial charge >= 0.3 is 5.97 Å². The van der Waals surface area contributed by atoms with E-state index in [2.05, 4.69) is 12.2 Å². The zero-order valence-electron chi connectivity index (χ0n) is 10.8. The van der Waals surface area contributed by atoms with Crippen LogP contribution in [0.3, 0.4) is 0 Å². The molecule has 3 nitrogen and oxygen atoms in total. The summed E-state index contributed by atoms with van der Waals surface area (Å²) in [4.78, 5) is 11.4. The lowest BCUT2D eigenvalue weighted by atomic mass is 10.1. The average molecular weight is 265 g/mol. The van der Waals surface area contributed by atoms with E-state index in [9.17, 15) is 4.79 Å². The first kappa shape index (κ1) is 13.4. The Morgan fingerprint density at radius 1 is 1.56 bits per heavy atom. The summed E-state index contributed by atoms with van der Waals surface area (Å²) < 4.78 is 4.72. The summed E-state index contributed by atoms with van der Waals surface area (Å²) in [6.45, 7) is 3.08. The van der Waals surface area contributed by atoms with Crippen LogP contribution < -0.4 is 5.32 Å². The minimum absolute atomic E-state index is 0.276. The van der Waals surface area contributed by atoms with Crippen LogP contribution in [0.2, 0.25) is 0 Å². The van der Waals surface area contributed by atoms with E-state index in [1.165, 1.54) is 19.3 Å². The second-order valence-electron chi connectivity index (χ2n) is 4.65. The Balaban J connectivity index is 1.91. The van der Waals surface area contributed by atoms with Gasteiger partial charge in [0.15, 0.2) is 0 Å². The van der Waals surface area contributed by atoms with Crippen molar-refractivity contribution in [2.45, 2.75) is 31.2 Å². The van der Waals surface area contributed by atoms with Crippen molar-refractivity contribution in [3.63, 3.8) is 0 Å². The molecule has 0 spiro atoms. The molecule has 98 valence electrons. The Labute approximate surface area is 112 Å². The maximum Gasteiger partial charge on any atom is 0.337 e. The van der Waals surface area contributed by atoms with Crippen molar-refractivity contribution in [1.82, 2.24) is 5.32 Å². The van der Waals surface area contributed by atoms with Gasteiger partial charge in [-0.3, -0.25) is 0 Å². The van der Waals surface area contributed by atoms with Crippen molar-refractivity contribution >= 4 is 17.7 Å². The van der Waals surface area contributed by atoms with Gasteiger partial charge in [-0.15, -0.1) is 0 Å². The average Bonchev–Trinajstić information content (AvgIpc) is 2.81. The molecule has 1 heterocycles. The van der Waals surface area contributed by atoms with Gasteiger partial charge in [0, 0.05) is 23.6 Å². The molecule has 2 rings (SSSR count). The number of nitrogens with one attached hydrogen (secondary N) is 1. The molecule has 1 saturated heterocycles. The van der Waals surface area contributed by atoms with Crippen LogP contribution in [0.5, 0.6) is 0 Å². The molecular weight excluding hydrogens is 246 g/mol. The SMILES string of the molecule is COC(=O)c1cccc(CNC2CSC(C)C2)c1. The molecule has 0 saturated carbocycles. The van der Waals surface area contributed by atoms with E-state index in [0.717, 1.165) is 17.4 Å². The van der Waals surface area contributed by atoms with Crippen LogP contribution in [-0.2, 0) is 11.3 Å². The fraction of sp³-hybridized carbons (Fsp3) is 0.500. The fourth-order valence-corrected chi connectivity index (χ4v) is 3.33. The number of rotatable bonds is 4. The molecule has 1 aliphatic heterocycles. The van der Waals surface area contributed by atoms with Gasteiger partial charge in [0.2, 0.25) is 0 Å². The lowest BCUT2D eigenvalue weighted by molar-refractivity contribution is 0.0600. The highest BCUT2D eigenvalue weighted by atomic mass is 32.2. The van der Waals surface area contributed by atoms with Gasteiger partial charge in [0.05, 0.1) is 12.7 Å². The molecule has 2 atom stereocenters. The zero-order chi connectivity index (χ0) is 13.0. The quantitative estimate of drug-likeness (QED) is 0.849. The van der Waals surface area contributed by atoms with Crippen LogP contribution in [0.25, 0.3) is 0 Å². The molecular formula is C14H19NO2S. The number of carbonyl (C=O) groups is 1. The summed E-state index contributed by atoms with van der Waals surface area (Å²) in [5.74, 6) is 0.902. The monoisotopic (exact) mass is 265 g/mol. The predicted octanol–water partition coefficient (Wildman–Crippen LogP) is 2.46. The molecule has 2 unspecified atom stereocenters. The highest BCUT2D eigenvalue weighted by Gasteiger charge is 2.21.